The van der Waals surface area contributed by atoms with Gasteiger partial charge in [0, 0.05) is 92.3 Å². The molecule has 0 bridgehead atoms. The fourth-order valence-corrected chi connectivity index (χ4v) is 4.67. The Labute approximate surface area is 321 Å². The first-order valence-electron chi connectivity index (χ1n) is 15.4. The Kier molecular flexibility index (Phi) is 12.8. The van der Waals surface area contributed by atoms with Gasteiger partial charge in [-0.15, -0.1) is 24.3 Å². The van der Waals surface area contributed by atoms with Gasteiger partial charge >= 0.3 is 0 Å². The maximum absolute atomic E-state index is 13.7. The molecule has 0 aliphatic carbocycles. The molecule has 0 N–H and O–H groups in total. The second-order valence-corrected chi connectivity index (χ2v) is 10.9. The van der Waals surface area contributed by atoms with E-state index in [4.69, 9.17) is 0 Å². The Morgan fingerprint density at radius 1 is 0.618 bits per heavy atom. The molecule has 0 fully saturated rings. The van der Waals surface area contributed by atoms with Crippen molar-refractivity contribution in [2.24, 2.45) is 0 Å². The molecule has 4 aromatic carbocycles. The zero-order chi connectivity index (χ0) is 38.4. The van der Waals surface area contributed by atoms with Crippen LogP contribution in [-0.4, -0.2) is 24.2 Å². The summed E-state index contributed by atoms with van der Waals surface area (Å²) in [4.78, 5) is 8.19. The van der Waals surface area contributed by atoms with Crippen LogP contribution >= 0.6 is 0 Å². The third-order valence-electron chi connectivity index (χ3n) is 7.11. The molecule has 0 saturated carbocycles. The Bertz CT molecular complexity index is 2270. The number of aryl methyl sites for hydroxylation is 1. The maximum Gasteiger partial charge on any atom is 0.267 e. The van der Waals surface area contributed by atoms with Gasteiger partial charge in [-0.2, -0.15) is 12.1 Å². The largest absolute Gasteiger partial charge is 0.421 e. The first kappa shape index (κ1) is 39.9. The fraction of sp³-hybridized carbons (Fsp3) is 0.0263. The van der Waals surface area contributed by atoms with Crippen LogP contribution in [0.15, 0.2) is 110 Å². The van der Waals surface area contributed by atoms with Crippen LogP contribution in [0.1, 0.15) is 5.82 Å². The van der Waals surface area contributed by atoms with E-state index in [0.29, 0.717) is 23.8 Å². The van der Waals surface area contributed by atoms with E-state index in [2.05, 4.69) is 45.0 Å². The smallest absolute Gasteiger partial charge is 0.267 e. The summed E-state index contributed by atoms with van der Waals surface area (Å²) in [5.74, 6) is -4.84. The minimum absolute atomic E-state index is 0. The SMILES string of the molecule is Cc1n[n-]c(-c2ccccn2)n1.Fc1c[c-]c(-n2[c-][n+](-c3ccc(F)cc3F)cc2)c(F)c1.Fc1c[c-]c(-n2[c-][n+](-c3ccc(F)cc3F)cc2)c(F)c1.[Ir]. The molecule has 4 heterocycles. The summed E-state index contributed by atoms with van der Waals surface area (Å²) in [5.41, 5.74) is 0.753. The molecule has 4 aromatic heterocycles. The Morgan fingerprint density at radius 3 is 1.51 bits per heavy atom. The molecule has 0 saturated heterocycles. The van der Waals surface area contributed by atoms with E-state index in [-0.39, 0.29) is 42.9 Å². The number of benzene rings is 4. The van der Waals surface area contributed by atoms with Crippen molar-refractivity contribution < 1.29 is 64.4 Å². The number of halogens is 8. The summed E-state index contributed by atoms with van der Waals surface area (Å²) in [5, 5.41) is 7.65. The Hall–Kier alpha value is -6.32. The number of hydrogen-bond donors (Lipinski definition) is 0. The molecule has 8 nitrogen and oxygen atoms in total. The van der Waals surface area contributed by atoms with Gasteiger partial charge in [-0.1, -0.05) is 6.07 Å². The van der Waals surface area contributed by atoms with E-state index in [1.807, 2.05) is 18.2 Å². The molecular formula is C38H21F8IrN8-3. The summed E-state index contributed by atoms with van der Waals surface area (Å²) >= 11 is 0. The van der Waals surface area contributed by atoms with Crippen molar-refractivity contribution in [2.45, 2.75) is 6.92 Å². The third kappa shape index (κ3) is 9.81. The zero-order valence-electron chi connectivity index (χ0n) is 27.8. The third-order valence-corrected chi connectivity index (χ3v) is 7.11. The second-order valence-electron chi connectivity index (χ2n) is 10.9. The minimum atomic E-state index is -0.825. The van der Waals surface area contributed by atoms with Crippen LogP contribution in [0.2, 0.25) is 0 Å². The molecule has 8 rings (SSSR count). The van der Waals surface area contributed by atoms with Crippen molar-refractivity contribution in [3.05, 3.63) is 187 Å². The number of aromatic nitrogens is 8. The molecule has 0 atom stereocenters. The van der Waals surface area contributed by atoms with Gasteiger partial charge in [-0.05, 0) is 60.5 Å². The number of rotatable bonds is 5. The van der Waals surface area contributed by atoms with Gasteiger partial charge in [0.15, 0.2) is 0 Å². The van der Waals surface area contributed by atoms with Crippen molar-refractivity contribution in [1.29, 1.82) is 0 Å². The second kappa shape index (κ2) is 17.7. The quantitative estimate of drug-likeness (QED) is 0.111. The van der Waals surface area contributed by atoms with Crippen LogP contribution in [0, 0.1) is 78.2 Å². The van der Waals surface area contributed by atoms with Crippen LogP contribution in [0.25, 0.3) is 34.3 Å². The monoisotopic (exact) mass is 934 g/mol. The van der Waals surface area contributed by atoms with Crippen molar-refractivity contribution in [3.8, 4) is 34.3 Å². The van der Waals surface area contributed by atoms with Crippen molar-refractivity contribution in [3.63, 3.8) is 0 Å². The van der Waals surface area contributed by atoms with E-state index in [1.165, 1.54) is 55.2 Å². The average molecular weight is 934 g/mol. The van der Waals surface area contributed by atoms with Crippen LogP contribution in [0.4, 0.5) is 35.1 Å². The summed E-state index contributed by atoms with van der Waals surface area (Å²) in [6.45, 7) is 1.80. The van der Waals surface area contributed by atoms with Crippen molar-refractivity contribution in [1.82, 2.24) is 29.3 Å². The summed E-state index contributed by atoms with van der Waals surface area (Å²) in [6.07, 6.45) is 12.6. The predicted octanol–water partition coefficient (Wildman–Crippen LogP) is 6.62. The summed E-state index contributed by atoms with van der Waals surface area (Å²) < 4.78 is 111. The van der Waals surface area contributed by atoms with Gasteiger partial charge in [-0.25, -0.2) is 17.6 Å². The minimum Gasteiger partial charge on any atom is -0.421 e. The first-order chi connectivity index (χ1) is 25.9. The van der Waals surface area contributed by atoms with Crippen LogP contribution < -0.4 is 14.2 Å². The molecule has 281 valence electrons. The van der Waals surface area contributed by atoms with E-state index in [0.717, 1.165) is 42.1 Å². The normalized spacial score (nSPS) is 10.5. The molecule has 1 radical (unpaired) electrons. The Morgan fingerprint density at radius 2 is 1.11 bits per heavy atom. The van der Waals surface area contributed by atoms with Gasteiger partial charge in [0.1, 0.15) is 34.6 Å². The molecule has 55 heavy (non-hydrogen) atoms. The molecule has 0 spiro atoms. The standard InChI is InChI=1S/2C15H7F4N2.C8H7N4.Ir/c2*16-10-1-3-14(12(18)7-10)20-5-6-21(9-20)15-4-2-11(17)8-13(15)19;1-6-10-8(12-11-6)7-4-2-3-5-9-7;/h2*1-3,5-8H;2-5H,1H3;/q3*-1;. The van der Waals surface area contributed by atoms with Crippen molar-refractivity contribution >= 4 is 0 Å². The average Bonchev–Trinajstić information content (AvgIpc) is 3.92. The van der Waals surface area contributed by atoms with E-state index in [9.17, 15) is 35.1 Å². The van der Waals surface area contributed by atoms with E-state index >= 15 is 0 Å². The first-order valence-corrected chi connectivity index (χ1v) is 15.4. The molecule has 0 aliphatic heterocycles. The maximum atomic E-state index is 13.7. The van der Waals surface area contributed by atoms with E-state index in [1.54, 1.807) is 13.1 Å². The van der Waals surface area contributed by atoms with Gasteiger partial charge < -0.3 is 19.2 Å². The van der Waals surface area contributed by atoms with Crippen LogP contribution in [0.5, 0.6) is 0 Å². The fourth-order valence-electron chi connectivity index (χ4n) is 4.67. The van der Waals surface area contributed by atoms with Gasteiger partial charge in [0.2, 0.25) is 0 Å². The van der Waals surface area contributed by atoms with Gasteiger partial charge in [0.05, 0.1) is 5.69 Å². The number of imidazole rings is 2. The van der Waals surface area contributed by atoms with Crippen LogP contribution in [0.3, 0.4) is 0 Å². The number of pyridine rings is 1. The topological polar surface area (TPSA) is 70.4 Å². The molecule has 0 amide bonds. The molecule has 8 aromatic rings. The predicted molar refractivity (Wildman–Crippen MR) is 173 cm³/mol. The summed E-state index contributed by atoms with van der Waals surface area (Å²) in [6, 6.07) is 20.0. The number of nitrogens with zero attached hydrogens (tertiary/aromatic N) is 8. The van der Waals surface area contributed by atoms with Gasteiger partial charge in [-0.3, -0.25) is 36.8 Å². The zero-order valence-corrected chi connectivity index (χ0v) is 30.2. The van der Waals surface area contributed by atoms with Crippen LogP contribution in [-0.2, 0) is 20.1 Å². The number of hydrogen-bond acceptors (Lipinski definition) is 3. The molecule has 17 heteroatoms. The molecule has 0 aliphatic rings. The molecule has 0 unspecified atom stereocenters. The van der Waals surface area contributed by atoms with Crippen molar-refractivity contribution in [2.75, 3.05) is 0 Å². The molecular weight excluding hydrogens is 913 g/mol. The summed E-state index contributed by atoms with van der Waals surface area (Å²) in [7, 11) is 0. The van der Waals surface area contributed by atoms with E-state index < -0.39 is 46.5 Å². The Balaban J connectivity index is 0.000000163. The van der Waals surface area contributed by atoms with Gasteiger partial charge in [0.25, 0.3) is 12.7 Å².